The molecule has 2 unspecified atom stereocenters. The Morgan fingerprint density at radius 2 is 1.71 bits per heavy atom. The lowest BCUT2D eigenvalue weighted by molar-refractivity contribution is -0.129. The molecule has 1 aromatic heterocycles. The summed E-state index contributed by atoms with van der Waals surface area (Å²) in [5, 5.41) is 4.14. The summed E-state index contributed by atoms with van der Waals surface area (Å²) >= 11 is 0. The summed E-state index contributed by atoms with van der Waals surface area (Å²) in [4.78, 5) is 19.1. The van der Waals surface area contributed by atoms with Gasteiger partial charge in [-0.15, -0.1) is 0 Å². The number of benzene rings is 2. The Hall–Kier alpha value is -2.95. The number of aromatic nitrogens is 2. The molecule has 144 valence electrons. The van der Waals surface area contributed by atoms with Gasteiger partial charge in [0, 0.05) is 18.5 Å². The van der Waals surface area contributed by atoms with Gasteiger partial charge in [-0.3, -0.25) is 4.79 Å². The summed E-state index contributed by atoms with van der Waals surface area (Å²) in [6.07, 6.45) is 0.408. The molecule has 1 aliphatic rings. The van der Waals surface area contributed by atoms with Crippen LogP contribution in [-0.4, -0.2) is 27.5 Å². The lowest BCUT2D eigenvalue weighted by atomic mass is 10.0. The van der Waals surface area contributed by atoms with E-state index in [1.165, 1.54) is 5.56 Å². The van der Waals surface area contributed by atoms with E-state index in [9.17, 15) is 4.79 Å². The number of amides is 1. The summed E-state index contributed by atoms with van der Waals surface area (Å²) in [5.41, 5.74) is 3.34. The molecule has 3 aromatic rings. The number of likely N-dealkylation sites (tertiary alicyclic amines) is 1. The fourth-order valence-electron chi connectivity index (χ4n) is 3.72. The first-order valence-electron chi connectivity index (χ1n) is 9.81. The van der Waals surface area contributed by atoms with Crippen molar-refractivity contribution in [3.63, 3.8) is 0 Å². The fraction of sp³-hybridized carbons (Fsp3) is 0.348. The Labute approximate surface area is 165 Å². The lowest BCUT2D eigenvalue weighted by Crippen LogP contribution is -2.28. The minimum atomic E-state index is -0.0603. The second kappa shape index (κ2) is 7.58. The maximum atomic E-state index is 12.6. The van der Waals surface area contributed by atoms with Crippen LogP contribution < -0.4 is 0 Å². The molecule has 28 heavy (non-hydrogen) atoms. The summed E-state index contributed by atoms with van der Waals surface area (Å²) in [7, 11) is 0. The van der Waals surface area contributed by atoms with Crippen molar-refractivity contribution in [3.05, 3.63) is 71.6 Å². The van der Waals surface area contributed by atoms with Crippen LogP contribution in [0.25, 0.3) is 11.4 Å². The van der Waals surface area contributed by atoms with Crippen molar-refractivity contribution in [1.29, 1.82) is 0 Å². The molecule has 5 nitrogen and oxygen atoms in total. The van der Waals surface area contributed by atoms with E-state index in [0.717, 1.165) is 11.1 Å². The van der Waals surface area contributed by atoms with Crippen molar-refractivity contribution in [3.8, 4) is 11.4 Å². The van der Waals surface area contributed by atoms with Gasteiger partial charge in [-0.05, 0) is 24.0 Å². The van der Waals surface area contributed by atoms with Crippen molar-refractivity contribution >= 4 is 5.91 Å². The lowest BCUT2D eigenvalue weighted by Gasteiger charge is -2.24. The van der Waals surface area contributed by atoms with Gasteiger partial charge in [-0.1, -0.05) is 73.6 Å². The molecular formula is C23H25N3O2. The van der Waals surface area contributed by atoms with E-state index in [2.05, 4.69) is 55.2 Å². The van der Waals surface area contributed by atoms with E-state index in [-0.39, 0.29) is 17.9 Å². The van der Waals surface area contributed by atoms with Crippen LogP contribution in [0.2, 0.25) is 0 Å². The van der Waals surface area contributed by atoms with Crippen molar-refractivity contribution < 1.29 is 9.32 Å². The molecule has 2 aromatic carbocycles. The first kappa shape index (κ1) is 18.4. The molecule has 0 bridgehead atoms. The predicted octanol–water partition coefficient (Wildman–Crippen LogP) is 4.94. The van der Waals surface area contributed by atoms with Gasteiger partial charge >= 0.3 is 0 Å². The maximum absolute atomic E-state index is 12.6. The third-order valence-corrected chi connectivity index (χ3v) is 5.53. The minimum absolute atomic E-state index is 0.0321. The average Bonchev–Trinajstić information content (AvgIpc) is 3.35. The highest BCUT2D eigenvalue weighted by Crippen LogP contribution is 2.34. The molecule has 0 radical (unpaired) electrons. The van der Waals surface area contributed by atoms with E-state index in [0.29, 0.717) is 30.6 Å². The predicted molar refractivity (Wildman–Crippen MR) is 108 cm³/mol. The smallest absolute Gasteiger partial charge is 0.232 e. The molecule has 2 atom stereocenters. The zero-order chi connectivity index (χ0) is 19.7. The average molecular weight is 375 g/mol. The fourth-order valence-corrected chi connectivity index (χ4v) is 3.72. The Kier molecular flexibility index (Phi) is 4.99. The summed E-state index contributed by atoms with van der Waals surface area (Å²) < 4.78 is 5.52. The highest BCUT2D eigenvalue weighted by molar-refractivity contribution is 5.80. The van der Waals surface area contributed by atoms with E-state index >= 15 is 0 Å². The second-order valence-corrected chi connectivity index (χ2v) is 7.77. The number of hydrogen-bond acceptors (Lipinski definition) is 4. The van der Waals surface area contributed by atoms with E-state index in [1.807, 2.05) is 35.2 Å². The van der Waals surface area contributed by atoms with Crippen LogP contribution >= 0.6 is 0 Å². The summed E-state index contributed by atoms with van der Waals surface area (Å²) in [6.45, 7) is 7.00. The topological polar surface area (TPSA) is 59.2 Å². The number of carbonyl (C=O) groups is 1. The monoisotopic (exact) mass is 375 g/mol. The van der Waals surface area contributed by atoms with Crippen LogP contribution in [0.15, 0.2) is 59.1 Å². The van der Waals surface area contributed by atoms with Gasteiger partial charge in [0.2, 0.25) is 17.6 Å². The van der Waals surface area contributed by atoms with Gasteiger partial charge in [0.05, 0.1) is 12.0 Å². The molecule has 0 aliphatic carbocycles. The van der Waals surface area contributed by atoms with Gasteiger partial charge in [0.25, 0.3) is 0 Å². The number of carbonyl (C=O) groups excluding carboxylic acids is 1. The SMILES string of the molecule is CC(C)c1ccc(-c2noc(C3CC(=O)N(C(C)c4ccccc4)C3)n2)cc1. The van der Waals surface area contributed by atoms with Crippen molar-refractivity contribution in [2.75, 3.05) is 6.54 Å². The molecule has 2 heterocycles. The molecule has 0 spiro atoms. The Morgan fingerprint density at radius 1 is 1.00 bits per heavy atom. The van der Waals surface area contributed by atoms with E-state index in [1.54, 1.807) is 0 Å². The molecular weight excluding hydrogens is 350 g/mol. The molecule has 4 rings (SSSR count). The standard InChI is InChI=1S/C23H25N3O2/c1-15(2)17-9-11-19(12-10-17)22-24-23(28-25-22)20-13-21(27)26(14-20)16(3)18-7-5-4-6-8-18/h4-12,15-16,20H,13-14H2,1-3H3. The van der Waals surface area contributed by atoms with Crippen molar-refractivity contribution in [2.24, 2.45) is 0 Å². The van der Waals surface area contributed by atoms with Gasteiger partial charge in [0.1, 0.15) is 0 Å². The molecule has 0 N–H and O–H groups in total. The highest BCUT2D eigenvalue weighted by Gasteiger charge is 2.37. The molecule has 1 saturated heterocycles. The van der Waals surface area contributed by atoms with Gasteiger partial charge in [-0.25, -0.2) is 0 Å². The quantitative estimate of drug-likeness (QED) is 0.634. The molecule has 5 heteroatoms. The zero-order valence-corrected chi connectivity index (χ0v) is 16.5. The Bertz CT molecular complexity index is 947. The molecule has 1 aliphatic heterocycles. The summed E-state index contributed by atoms with van der Waals surface area (Å²) in [5.74, 6) is 1.67. The number of hydrogen-bond donors (Lipinski definition) is 0. The normalized spacial score (nSPS) is 18.1. The van der Waals surface area contributed by atoms with Crippen LogP contribution in [0.1, 0.15) is 62.1 Å². The first-order valence-corrected chi connectivity index (χ1v) is 9.81. The van der Waals surface area contributed by atoms with Gasteiger partial charge < -0.3 is 9.42 Å². The minimum Gasteiger partial charge on any atom is -0.339 e. The van der Waals surface area contributed by atoms with Gasteiger partial charge in [-0.2, -0.15) is 4.98 Å². The van der Waals surface area contributed by atoms with Crippen LogP contribution in [0.5, 0.6) is 0 Å². The number of nitrogens with zero attached hydrogens (tertiary/aromatic N) is 3. The molecule has 0 saturated carbocycles. The van der Waals surface area contributed by atoms with E-state index in [4.69, 9.17) is 4.52 Å². The number of rotatable bonds is 5. The molecule has 1 amide bonds. The van der Waals surface area contributed by atoms with E-state index < -0.39 is 0 Å². The van der Waals surface area contributed by atoms with Crippen LogP contribution in [0.4, 0.5) is 0 Å². The Morgan fingerprint density at radius 3 is 2.39 bits per heavy atom. The van der Waals surface area contributed by atoms with Gasteiger partial charge in [0.15, 0.2) is 0 Å². The second-order valence-electron chi connectivity index (χ2n) is 7.77. The maximum Gasteiger partial charge on any atom is 0.232 e. The largest absolute Gasteiger partial charge is 0.339 e. The third-order valence-electron chi connectivity index (χ3n) is 5.53. The van der Waals surface area contributed by atoms with Crippen molar-refractivity contribution in [1.82, 2.24) is 15.0 Å². The first-order chi connectivity index (χ1) is 13.5. The third kappa shape index (κ3) is 3.57. The van der Waals surface area contributed by atoms with Crippen molar-refractivity contribution in [2.45, 2.75) is 45.1 Å². The van der Waals surface area contributed by atoms with Crippen LogP contribution in [0.3, 0.4) is 0 Å². The summed E-state index contributed by atoms with van der Waals surface area (Å²) in [6, 6.07) is 18.4. The van der Waals surface area contributed by atoms with Crippen LogP contribution in [0, 0.1) is 0 Å². The zero-order valence-electron chi connectivity index (χ0n) is 16.5. The Balaban J connectivity index is 1.49. The molecule has 1 fully saturated rings. The highest BCUT2D eigenvalue weighted by atomic mass is 16.5. The van der Waals surface area contributed by atoms with Crippen LogP contribution in [-0.2, 0) is 4.79 Å².